The first-order valence-corrected chi connectivity index (χ1v) is 11.4. The molecule has 4 N–H and O–H groups in total. The lowest BCUT2D eigenvalue weighted by Crippen LogP contribution is -2.26. The van der Waals surface area contributed by atoms with Crippen molar-refractivity contribution in [3.63, 3.8) is 0 Å². The monoisotopic (exact) mass is 454 g/mol. The molecule has 0 aromatic carbocycles. The fourth-order valence-electron chi connectivity index (χ4n) is 2.08. The molecule has 2 rings (SSSR count). The number of rotatable bonds is 6. The first-order chi connectivity index (χ1) is 13.3. The summed E-state index contributed by atoms with van der Waals surface area (Å²) in [6.45, 7) is 4.36. The molecule has 2 aromatic rings. The van der Waals surface area contributed by atoms with E-state index in [4.69, 9.17) is 24.4 Å². The minimum absolute atomic E-state index is 0.288. The normalized spacial score (nSPS) is 12.9. The van der Waals surface area contributed by atoms with Crippen LogP contribution < -0.4 is 10.6 Å². The molecule has 2 heterocycles. The third kappa shape index (κ3) is 7.98. The highest BCUT2D eigenvalue weighted by Gasteiger charge is 2.11. The van der Waals surface area contributed by atoms with Crippen LogP contribution in [0.3, 0.4) is 0 Å². The highest BCUT2D eigenvalue weighted by molar-refractivity contribution is 8.89. The van der Waals surface area contributed by atoms with Crippen molar-refractivity contribution in [2.75, 3.05) is 13.1 Å². The highest BCUT2D eigenvalue weighted by atomic mass is 33.1. The molecule has 28 heavy (non-hydrogen) atoms. The average molecular weight is 455 g/mol. The summed E-state index contributed by atoms with van der Waals surface area (Å²) in [4.78, 5) is 8.34. The Hall–Kier alpha value is -1.30. The molecule has 2 atom stereocenters. The van der Waals surface area contributed by atoms with Crippen LogP contribution in [0.25, 0.3) is 0 Å². The van der Waals surface area contributed by atoms with Crippen molar-refractivity contribution in [1.82, 2.24) is 20.6 Å². The number of nitrogens with zero attached hydrogens (tertiary/aromatic N) is 2. The van der Waals surface area contributed by atoms with Crippen molar-refractivity contribution in [2.24, 2.45) is 0 Å². The lowest BCUT2D eigenvalue weighted by Gasteiger charge is -2.14. The summed E-state index contributed by atoms with van der Waals surface area (Å²) in [7, 11) is 2.57. The van der Waals surface area contributed by atoms with Crippen LogP contribution in [-0.2, 0) is 0 Å². The van der Waals surface area contributed by atoms with Crippen LogP contribution in [0, 0.1) is 13.8 Å². The van der Waals surface area contributed by atoms with Gasteiger partial charge in [0.25, 0.3) is 0 Å². The molecule has 2 unspecified atom stereocenters. The molecular formula is C18H22N4O2S4. The third-order valence-corrected chi connectivity index (χ3v) is 7.06. The number of hydrogen-bond acceptors (Lipinski definition) is 8. The Balaban J connectivity index is 1.65. The van der Waals surface area contributed by atoms with Gasteiger partial charge >= 0.3 is 0 Å². The number of thiocarbonyl (C=S) groups is 2. The van der Waals surface area contributed by atoms with Gasteiger partial charge in [0.1, 0.15) is 8.64 Å². The van der Waals surface area contributed by atoms with Gasteiger partial charge in [-0.1, -0.05) is 36.6 Å². The molecule has 6 nitrogen and oxygen atoms in total. The Kier molecular flexibility index (Phi) is 9.56. The van der Waals surface area contributed by atoms with E-state index in [0.29, 0.717) is 8.64 Å². The minimum Gasteiger partial charge on any atom is -0.387 e. The molecule has 2 aromatic heterocycles. The van der Waals surface area contributed by atoms with E-state index in [9.17, 15) is 10.2 Å². The largest absolute Gasteiger partial charge is 0.387 e. The molecular weight excluding hydrogens is 432 g/mol. The number of aliphatic hydroxyl groups is 2. The maximum absolute atomic E-state index is 10.2. The Morgan fingerprint density at radius 1 is 0.857 bits per heavy atom. The molecule has 10 heteroatoms. The Morgan fingerprint density at radius 2 is 1.25 bits per heavy atom. The molecule has 0 amide bonds. The van der Waals surface area contributed by atoms with Gasteiger partial charge in [-0.05, 0) is 47.6 Å². The van der Waals surface area contributed by atoms with Gasteiger partial charge in [0, 0.05) is 48.0 Å². The predicted molar refractivity (Wildman–Crippen MR) is 124 cm³/mol. The van der Waals surface area contributed by atoms with Crippen molar-refractivity contribution in [3.05, 3.63) is 59.2 Å². The molecule has 0 fully saturated rings. The first kappa shape index (κ1) is 23.0. The number of aromatic nitrogens is 2. The highest BCUT2D eigenvalue weighted by Crippen LogP contribution is 2.24. The van der Waals surface area contributed by atoms with Gasteiger partial charge < -0.3 is 20.8 Å². The quantitative estimate of drug-likeness (QED) is 0.386. The maximum atomic E-state index is 10.2. The van der Waals surface area contributed by atoms with Crippen LogP contribution in [0.1, 0.15) is 34.7 Å². The fraction of sp³-hybridized carbons (Fsp3) is 0.333. The summed E-state index contributed by atoms with van der Waals surface area (Å²) in [5.74, 6) is 0. The number of aryl methyl sites for hydroxylation is 2. The molecule has 0 radical (unpaired) electrons. The van der Waals surface area contributed by atoms with E-state index in [1.807, 2.05) is 38.1 Å². The van der Waals surface area contributed by atoms with Gasteiger partial charge in [0.2, 0.25) is 0 Å². The smallest absolute Gasteiger partial charge is 0.144 e. The van der Waals surface area contributed by atoms with Crippen LogP contribution in [0.2, 0.25) is 0 Å². The number of pyridine rings is 2. The van der Waals surface area contributed by atoms with Gasteiger partial charge in [-0.2, -0.15) is 0 Å². The summed E-state index contributed by atoms with van der Waals surface area (Å²) >= 11 is 10.5. The molecule has 150 valence electrons. The van der Waals surface area contributed by atoms with E-state index < -0.39 is 12.2 Å². The summed E-state index contributed by atoms with van der Waals surface area (Å²) in [5, 5.41) is 26.3. The topological polar surface area (TPSA) is 90.3 Å². The zero-order valence-electron chi connectivity index (χ0n) is 15.5. The van der Waals surface area contributed by atoms with Crippen molar-refractivity contribution in [3.8, 4) is 0 Å². The standard InChI is InChI=1S/C18H22N4O2S4/c1-11-3-5-13(7-19-11)15(23)9-21-17(25)27-28-18(26)22-10-16(24)14-6-4-12(2)20-8-14/h3-8,15-16,23-24H,9-10H2,1-2H3,(H,21,25)(H,22,26). The lowest BCUT2D eigenvalue weighted by molar-refractivity contribution is 0.181. The van der Waals surface area contributed by atoms with Crippen LogP contribution >= 0.6 is 46.0 Å². The lowest BCUT2D eigenvalue weighted by atomic mass is 10.1. The first-order valence-electron chi connectivity index (χ1n) is 8.46. The zero-order chi connectivity index (χ0) is 20.5. The second-order valence-corrected chi connectivity index (χ2v) is 9.48. The van der Waals surface area contributed by atoms with E-state index in [2.05, 4.69) is 20.6 Å². The van der Waals surface area contributed by atoms with Gasteiger partial charge in [-0.3, -0.25) is 9.97 Å². The van der Waals surface area contributed by atoms with E-state index in [1.54, 1.807) is 12.4 Å². The Morgan fingerprint density at radius 3 is 1.57 bits per heavy atom. The summed E-state index contributed by atoms with van der Waals surface area (Å²) in [6, 6.07) is 7.39. The second kappa shape index (κ2) is 11.6. The van der Waals surface area contributed by atoms with Gasteiger partial charge in [0.05, 0.1) is 12.2 Å². The van der Waals surface area contributed by atoms with Crippen molar-refractivity contribution in [1.29, 1.82) is 0 Å². The van der Waals surface area contributed by atoms with Crippen LogP contribution in [0.15, 0.2) is 36.7 Å². The summed E-state index contributed by atoms with van der Waals surface area (Å²) in [5.41, 5.74) is 3.26. The fourth-order valence-corrected chi connectivity index (χ4v) is 4.11. The van der Waals surface area contributed by atoms with Crippen molar-refractivity contribution in [2.45, 2.75) is 26.1 Å². The molecule has 0 spiro atoms. The zero-order valence-corrected chi connectivity index (χ0v) is 18.7. The Bertz CT molecular complexity index is 720. The summed E-state index contributed by atoms with van der Waals surface area (Å²) in [6.07, 6.45) is 1.92. The van der Waals surface area contributed by atoms with Crippen molar-refractivity contribution < 1.29 is 10.2 Å². The second-order valence-electron chi connectivity index (χ2n) is 6.00. The van der Waals surface area contributed by atoms with Gasteiger partial charge in [0.15, 0.2) is 0 Å². The van der Waals surface area contributed by atoms with Crippen LogP contribution in [0.5, 0.6) is 0 Å². The molecule has 0 aliphatic rings. The van der Waals surface area contributed by atoms with Crippen LogP contribution in [0.4, 0.5) is 0 Å². The molecule has 0 bridgehead atoms. The SMILES string of the molecule is Cc1ccc(C(O)CNC(=S)SSC(=S)NCC(O)c2ccc(C)nc2)cn1. The summed E-state index contributed by atoms with van der Waals surface area (Å²) < 4.78 is 1.02. The third-order valence-electron chi connectivity index (χ3n) is 3.71. The number of aliphatic hydroxyl groups excluding tert-OH is 2. The van der Waals surface area contributed by atoms with Crippen molar-refractivity contribution >= 4 is 54.7 Å². The van der Waals surface area contributed by atoms with E-state index in [1.165, 1.54) is 21.6 Å². The van der Waals surface area contributed by atoms with E-state index >= 15 is 0 Å². The Labute approximate surface area is 183 Å². The minimum atomic E-state index is -0.694. The van der Waals surface area contributed by atoms with Crippen LogP contribution in [-0.4, -0.2) is 41.9 Å². The van der Waals surface area contributed by atoms with E-state index in [-0.39, 0.29) is 13.1 Å². The molecule has 0 aliphatic carbocycles. The van der Waals surface area contributed by atoms with Gasteiger partial charge in [-0.15, -0.1) is 0 Å². The predicted octanol–water partition coefficient (Wildman–Crippen LogP) is 2.99. The molecule has 0 saturated carbocycles. The number of nitrogens with one attached hydrogen (secondary N) is 2. The maximum Gasteiger partial charge on any atom is 0.144 e. The number of hydrogen-bond donors (Lipinski definition) is 4. The molecule has 0 aliphatic heterocycles. The van der Waals surface area contributed by atoms with E-state index in [0.717, 1.165) is 22.5 Å². The average Bonchev–Trinajstić information content (AvgIpc) is 2.69. The molecule has 0 saturated heterocycles. The van der Waals surface area contributed by atoms with Gasteiger partial charge in [-0.25, -0.2) is 0 Å².